The summed E-state index contributed by atoms with van der Waals surface area (Å²) in [5.41, 5.74) is 1.23. The van der Waals surface area contributed by atoms with Crippen molar-refractivity contribution in [2.75, 3.05) is 0 Å². The van der Waals surface area contributed by atoms with Gasteiger partial charge in [-0.2, -0.15) is 0 Å². The lowest BCUT2D eigenvalue weighted by molar-refractivity contribution is 0.167. The standard InChI is InChI=1S/C16H16F2O/c1-11-7-9-14(17)13(16(11)18)8-10-15(19)12-5-3-2-4-6-12/h2-7,9,15,19H,8,10H2,1H3. The van der Waals surface area contributed by atoms with Crippen molar-refractivity contribution < 1.29 is 13.9 Å². The Hall–Kier alpha value is -1.74. The quantitative estimate of drug-likeness (QED) is 0.884. The average molecular weight is 262 g/mol. The van der Waals surface area contributed by atoms with Crippen LogP contribution in [0.3, 0.4) is 0 Å². The molecule has 0 aromatic heterocycles. The van der Waals surface area contributed by atoms with Crippen molar-refractivity contribution in [1.29, 1.82) is 0 Å². The Kier molecular flexibility index (Phi) is 4.27. The Morgan fingerprint density at radius 2 is 1.74 bits per heavy atom. The summed E-state index contributed by atoms with van der Waals surface area (Å²) in [6.07, 6.45) is -0.239. The Bertz CT molecular complexity index is 552. The van der Waals surface area contributed by atoms with E-state index in [0.717, 1.165) is 5.56 Å². The van der Waals surface area contributed by atoms with Gasteiger partial charge in [0.2, 0.25) is 0 Å². The van der Waals surface area contributed by atoms with E-state index in [1.165, 1.54) is 12.1 Å². The average Bonchev–Trinajstić information content (AvgIpc) is 2.44. The van der Waals surface area contributed by atoms with E-state index >= 15 is 0 Å². The van der Waals surface area contributed by atoms with Gasteiger partial charge in [0.15, 0.2) is 0 Å². The maximum Gasteiger partial charge on any atom is 0.132 e. The lowest BCUT2D eigenvalue weighted by Gasteiger charge is -2.12. The van der Waals surface area contributed by atoms with Gasteiger partial charge in [0.05, 0.1) is 6.10 Å². The molecular formula is C16H16F2O. The van der Waals surface area contributed by atoms with Crippen LogP contribution >= 0.6 is 0 Å². The van der Waals surface area contributed by atoms with Crippen molar-refractivity contribution in [3.8, 4) is 0 Å². The molecule has 3 heteroatoms. The van der Waals surface area contributed by atoms with Gasteiger partial charge in [-0.3, -0.25) is 0 Å². The molecule has 0 aliphatic heterocycles. The molecule has 0 radical (unpaired) electrons. The highest BCUT2D eigenvalue weighted by atomic mass is 19.1. The highest BCUT2D eigenvalue weighted by Crippen LogP contribution is 2.23. The minimum Gasteiger partial charge on any atom is -0.388 e. The van der Waals surface area contributed by atoms with Gasteiger partial charge in [-0.15, -0.1) is 0 Å². The maximum absolute atomic E-state index is 13.8. The highest BCUT2D eigenvalue weighted by Gasteiger charge is 2.14. The zero-order valence-electron chi connectivity index (χ0n) is 10.7. The fraction of sp³-hybridized carbons (Fsp3) is 0.250. The molecule has 0 bridgehead atoms. The van der Waals surface area contributed by atoms with Crippen LogP contribution in [0.2, 0.25) is 0 Å². The van der Waals surface area contributed by atoms with Crippen molar-refractivity contribution in [2.24, 2.45) is 0 Å². The molecule has 0 aliphatic carbocycles. The molecule has 19 heavy (non-hydrogen) atoms. The first-order chi connectivity index (χ1) is 9.09. The van der Waals surface area contributed by atoms with Crippen molar-refractivity contribution in [2.45, 2.75) is 25.9 Å². The molecule has 2 aromatic carbocycles. The predicted molar refractivity (Wildman–Crippen MR) is 70.8 cm³/mol. The van der Waals surface area contributed by atoms with Crippen LogP contribution in [0.4, 0.5) is 8.78 Å². The number of halogens is 2. The summed E-state index contributed by atoms with van der Waals surface area (Å²) in [6, 6.07) is 11.8. The van der Waals surface area contributed by atoms with Crippen molar-refractivity contribution in [3.63, 3.8) is 0 Å². The molecule has 1 unspecified atom stereocenters. The van der Waals surface area contributed by atoms with Gasteiger partial charge in [0.1, 0.15) is 11.6 Å². The molecule has 2 rings (SSSR count). The molecule has 0 amide bonds. The molecular weight excluding hydrogens is 246 g/mol. The van der Waals surface area contributed by atoms with Crippen LogP contribution in [0, 0.1) is 18.6 Å². The van der Waals surface area contributed by atoms with Crippen LogP contribution in [0.15, 0.2) is 42.5 Å². The van der Waals surface area contributed by atoms with Gasteiger partial charge in [-0.1, -0.05) is 36.4 Å². The van der Waals surface area contributed by atoms with Crippen LogP contribution < -0.4 is 0 Å². The lowest BCUT2D eigenvalue weighted by atomic mass is 9.99. The molecule has 2 aromatic rings. The van der Waals surface area contributed by atoms with E-state index < -0.39 is 17.7 Å². The summed E-state index contributed by atoms with van der Waals surface area (Å²) in [5, 5.41) is 9.99. The molecule has 0 spiro atoms. The number of hydrogen-bond donors (Lipinski definition) is 1. The molecule has 1 atom stereocenters. The third kappa shape index (κ3) is 3.18. The topological polar surface area (TPSA) is 20.2 Å². The van der Waals surface area contributed by atoms with E-state index in [0.29, 0.717) is 12.0 Å². The van der Waals surface area contributed by atoms with Gasteiger partial charge < -0.3 is 5.11 Å². The second kappa shape index (κ2) is 5.93. The second-order valence-electron chi connectivity index (χ2n) is 4.62. The summed E-state index contributed by atoms with van der Waals surface area (Å²) >= 11 is 0. The summed E-state index contributed by atoms with van der Waals surface area (Å²) in [5.74, 6) is -1.07. The van der Waals surface area contributed by atoms with Gasteiger partial charge in [0.25, 0.3) is 0 Å². The minimum absolute atomic E-state index is 0.0509. The van der Waals surface area contributed by atoms with Gasteiger partial charge in [0, 0.05) is 5.56 Å². The molecule has 1 N–H and O–H groups in total. The van der Waals surface area contributed by atoms with E-state index in [4.69, 9.17) is 0 Å². The number of aliphatic hydroxyl groups excluding tert-OH is 1. The van der Waals surface area contributed by atoms with Crippen LogP contribution in [-0.4, -0.2) is 5.11 Å². The summed E-state index contributed by atoms with van der Waals surface area (Å²) in [6.45, 7) is 1.60. The van der Waals surface area contributed by atoms with E-state index in [9.17, 15) is 13.9 Å². The third-order valence-corrected chi connectivity index (χ3v) is 3.23. The zero-order chi connectivity index (χ0) is 13.8. The minimum atomic E-state index is -0.708. The molecule has 1 nitrogen and oxygen atoms in total. The molecule has 0 saturated heterocycles. The Labute approximate surface area is 111 Å². The van der Waals surface area contributed by atoms with Gasteiger partial charge in [-0.05, 0) is 37.0 Å². The van der Waals surface area contributed by atoms with Crippen molar-refractivity contribution >= 4 is 0 Å². The molecule has 0 saturated carbocycles. The first-order valence-corrected chi connectivity index (χ1v) is 6.26. The molecule has 100 valence electrons. The zero-order valence-corrected chi connectivity index (χ0v) is 10.7. The lowest BCUT2D eigenvalue weighted by Crippen LogP contribution is -2.03. The highest BCUT2D eigenvalue weighted by molar-refractivity contribution is 5.27. The predicted octanol–water partition coefficient (Wildman–Crippen LogP) is 3.94. The Morgan fingerprint density at radius 1 is 1.05 bits per heavy atom. The molecule has 0 heterocycles. The number of hydrogen-bond acceptors (Lipinski definition) is 1. The van der Waals surface area contributed by atoms with Crippen LogP contribution in [0.5, 0.6) is 0 Å². The monoisotopic (exact) mass is 262 g/mol. The van der Waals surface area contributed by atoms with Crippen LogP contribution in [0.25, 0.3) is 0 Å². The number of rotatable bonds is 4. The summed E-state index contributed by atoms with van der Waals surface area (Å²) in [4.78, 5) is 0. The van der Waals surface area contributed by atoms with Crippen molar-refractivity contribution in [3.05, 3.63) is 70.8 Å². The van der Waals surface area contributed by atoms with E-state index in [1.54, 1.807) is 19.1 Å². The fourth-order valence-electron chi connectivity index (χ4n) is 2.07. The maximum atomic E-state index is 13.8. The first-order valence-electron chi connectivity index (χ1n) is 6.26. The fourth-order valence-corrected chi connectivity index (χ4v) is 2.07. The number of aryl methyl sites for hydroxylation is 1. The summed E-state index contributed by atoms with van der Waals surface area (Å²) in [7, 11) is 0. The molecule has 0 fully saturated rings. The molecule has 0 aliphatic rings. The number of benzene rings is 2. The Balaban J connectivity index is 2.09. The Morgan fingerprint density at radius 3 is 2.42 bits per heavy atom. The van der Waals surface area contributed by atoms with Crippen LogP contribution in [-0.2, 0) is 6.42 Å². The van der Waals surface area contributed by atoms with Gasteiger partial charge >= 0.3 is 0 Å². The first kappa shape index (κ1) is 13.7. The smallest absolute Gasteiger partial charge is 0.132 e. The van der Waals surface area contributed by atoms with E-state index in [1.807, 2.05) is 18.2 Å². The van der Waals surface area contributed by atoms with E-state index in [2.05, 4.69) is 0 Å². The second-order valence-corrected chi connectivity index (χ2v) is 4.62. The normalized spacial score (nSPS) is 12.4. The van der Waals surface area contributed by atoms with Crippen molar-refractivity contribution in [1.82, 2.24) is 0 Å². The van der Waals surface area contributed by atoms with Gasteiger partial charge in [-0.25, -0.2) is 8.78 Å². The largest absolute Gasteiger partial charge is 0.388 e. The van der Waals surface area contributed by atoms with Crippen LogP contribution in [0.1, 0.15) is 29.2 Å². The van der Waals surface area contributed by atoms with E-state index in [-0.39, 0.29) is 12.0 Å². The summed E-state index contributed by atoms with van der Waals surface area (Å²) < 4.78 is 27.4. The number of aliphatic hydroxyl groups is 1. The SMILES string of the molecule is Cc1ccc(F)c(CCC(O)c2ccccc2)c1F. The third-order valence-electron chi connectivity index (χ3n) is 3.23.